The van der Waals surface area contributed by atoms with Crippen molar-refractivity contribution in [3.05, 3.63) is 35.1 Å². The molecule has 1 heterocycles. The summed E-state index contributed by atoms with van der Waals surface area (Å²) in [6, 6.07) is -1.26. The number of benzene rings is 1. The number of amides is 1. The molecule has 0 aromatic heterocycles. The number of carbonyl (C=O) groups is 1. The minimum atomic E-state index is -4.69. The Morgan fingerprint density at radius 1 is 1.21 bits per heavy atom. The van der Waals surface area contributed by atoms with Crippen LogP contribution in [0.5, 0.6) is 0 Å². The van der Waals surface area contributed by atoms with Gasteiger partial charge in [0, 0.05) is 17.5 Å². The number of nitrogens with two attached hydrogens (primary N) is 1. The Kier molecular flexibility index (Phi) is 6.15. The summed E-state index contributed by atoms with van der Waals surface area (Å²) >= 11 is 0. The minimum absolute atomic E-state index is 0. The molecule has 1 saturated heterocycles. The van der Waals surface area contributed by atoms with Crippen molar-refractivity contribution in [3.63, 3.8) is 0 Å². The zero-order valence-electron chi connectivity index (χ0n) is 12.4. The Balaban J connectivity index is 0.00000288. The van der Waals surface area contributed by atoms with Gasteiger partial charge < -0.3 is 10.6 Å². The van der Waals surface area contributed by atoms with E-state index in [2.05, 4.69) is 0 Å². The average Bonchev–Trinajstić information content (AvgIpc) is 2.44. The van der Waals surface area contributed by atoms with Gasteiger partial charge in [-0.15, -0.1) is 12.4 Å². The molecule has 2 N–H and O–H groups in total. The summed E-state index contributed by atoms with van der Waals surface area (Å²) in [6.07, 6.45) is -4.96. The van der Waals surface area contributed by atoms with Gasteiger partial charge in [-0.3, -0.25) is 4.79 Å². The molecule has 3 nitrogen and oxygen atoms in total. The molecule has 1 fully saturated rings. The lowest BCUT2D eigenvalue weighted by atomic mass is 9.81. The normalized spacial score (nSPS) is 24.8. The fourth-order valence-corrected chi connectivity index (χ4v) is 2.86. The average molecular weight is 377 g/mol. The van der Waals surface area contributed by atoms with Crippen molar-refractivity contribution in [1.82, 2.24) is 4.90 Å². The summed E-state index contributed by atoms with van der Waals surface area (Å²) in [5, 5.41) is 0. The van der Waals surface area contributed by atoms with E-state index in [1.807, 2.05) is 0 Å². The molecule has 0 saturated carbocycles. The number of nitrogens with zero attached hydrogens (tertiary/aromatic N) is 1. The van der Waals surface area contributed by atoms with Crippen molar-refractivity contribution >= 4 is 18.3 Å². The van der Waals surface area contributed by atoms with Gasteiger partial charge in [0.2, 0.25) is 5.91 Å². The third kappa shape index (κ3) is 3.94. The summed E-state index contributed by atoms with van der Waals surface area (Å²) in [4.78, 5) is 12.3. The van der Waals surface area contributed by atoms with Gasteiger partial charge in [-0.05, 0) is 25.5 Å². The fourth-order valence-electron chi connectivity index (χ4n) is 2.86. The zero-order valence-corrected chi connectivity index (χ0v) is 13.2. The van der Waals surface area contributed by atoms with Gasteiger partial charge in [-0.2, -0.15) is 13.2 Å². The number of hydrogen-bond acceptors (Lipinski definition) is 2. The lowest BCUT2D eigenvalue weighted by molar-refractivity contribution is -0.170. The third-order valence-corrected chi connectivity index (χ3v) is 3.98. The summed E-state index contributed by atoms with van der Waals surface area (Å²) in [6.45, 7) is -0.361. The maximum absolute atomic E-state index is 13.9. The first-order valence-electron chi connectivity index (χ1n) is 6.79. The van der Waals surface area contributed by atoms with Gasteiger partial charge in [0.05, 0.1) is 6.04 Å². The van der Waals surface area contributed by atoms with Crippen LogP contribution < -0.4 is 5.73 Å². The largest absolute Gasteiger partial charge is 0.406 e. The molecule has 1 aromatic rings. The van der Waals surface area contributed by atoms with E-state index in [1.54, 1.807) is 0 Å². The molecular formula is C14H15ClF6N2O. The summed E-state index contributed by atoms with van der Waals surface area (Å²) < 4.78 is 79.1. The second-order valence-electron chi connectivity index (χ2n) is 5.53. The minimum Gasteiger partial charge on any atom is -0.329 e. The lowest BCUT2D eigenvalue weighted by Gasteiger charge is -2.42. The molecule has 0 bridgehead atoms. The Labute approximate surface area is 140 Å². The molecule has 0 spiro atoms. The van der Waals surface area contributed by atoms with Gasteiger partial charge in [-0.25, -0.2) is 13.2 Å². The maximum atomic E-state index is 13.9. The van der Waals surface area contributed by atoms with E-state index < -0.39 is 59.6 Å². The second kappa shape index (κ2) is 7.18. The molecule has 3 atom stereocenters. The van der Waals surface area contributed by atoms with Gasteiger partial charge in [0.25, 0.3) is 0 Å². The molecule has 0 unspecified atom stereocenters. The molecule has 1 aliphatic heterocycles. The first kappa shape index (κ1) is 20.6. The van der Waals surface area contributed by atoms with E-state index in [0.29, 0.717) is 17.0 Å². The van der Waals surface area contributed by atoms with E-state index in [-0.39, 0.29) is 18.8 Å². The van der Waals surface area contributed by atoms with Crippen LogP contribution in [0.2, 0.25) is 0 Å². The van der Waals surface area contributed by atoms with Crippen LogP contribution in [0.3, 0.4) is 0 Å². The highest BCUT2D eigenvalue weighted by Gasteiger charge is 2.45. The van der Waals surface area contributed by atoms with Gasteiger partial charge in [-0.1, -0.05) is 0 Å². The molecular weight excluding hydrogens is 362 g/mol. The van der Waals surface area contributed by atoms with Crippen LogP contribution >= 0.6 is 12.4 Å². The summed E-state index contributed by atoms with van der Waals surface area (Å²) in [5.74, 6) is -6.02. The second-order valence-corrected chi connectivity index (χ2v) is 5.53. The SMILES string of the molecule is C[C@@H]1[C@H](c2c(F)ccc(F)c2F)C[C@H](N)C(=O)N1CC(F)(F)F.Cl. The van der Waals surface area contributed by atoms with E-state index in [4.69, 9.17) is 5.73 Å². The molecule has 1 aliphatic rings. The molecule has 0 aliphatic carbocycles. The molecule has 1 aromatic carbocycles. The van der Waals surface area contributed by atoms with Crippen molar-refractivity contribution in [2.45, 2.75) is 37.5 Å². The van der Waals surface area contributed by atoms with Crippen LogP contribution in [0.1, 0.15) is 24.8 Å². The zero-order chi connectivity index (χ0) is 17.5. The third-order valence-electron chi connectivity index (χ3n) is 3.98. The van der Waals surface area contributed by atoms with Crippen LogP contribution in [0.4, 0.5) is 26.3 Å². The van der Waals surface area contributed by atoms with Crippen molar-refractivity contribution in [3.8, 4) is 0 Å². The monoisotopic (exact) mass is 376 g/mol. The van der Waals surface area contributed by atoms with Crippen LogP contribution in [-0.4, -0.2) is 35.6 Å². The molecule has 0 radical (unpaired) electrons. The van der Waals surface area contributed by atoms with Crippen LogP contribution in [0.15, 0.2) is 12.1 Å². The van der Waals surface area contributed by atoms with Gasteiger partial charge in [0.1, 0.15) is 12.4 Å². The molecule has 10 heteroatoms. The number of alkyl halides is 3. The van der Waals surface area contributed by atoms with Gasteiger partial charge >= 0.3 is 6.18 Å². The number of piperidine rings is 1. The van der Waals surface area contributed by atoms with Crippen LogP contribution in [0, 0.1) is 17.5 Å². The predicted molar refractivity (Wildman–Crippen MR) is 76.1 cm³/mol. The quantitative estimate of drug-likeness (QED) is 0.637. The van der Waals surface area contributed by atoms with E-state index in [9.17, 15) is 31.1 Å². The standard InChI is InChI=1S/C14H14F6N2O.ClH/c1-6-7(11-8(15)2-3-9(16)12(11)17)4-10(21)13(23)22(6)5-14(18,19)20;/h2-3,6-7,10H,4-5,21H2,1H3;1H/t6-,7-,10+;/m1./s1. The lowest BCUT2D eigenvalue weighted by Crippen LogP contribution is -2.57. The summed E-state index contributed by atoms with van der Waals surface area (Å²) in [7, 11) is 0. The molecule has 24 heavy (non-hydrogen) atoms. The predicted octanol–water partition coefficient (Wildman–Crippen LogP) is 3.12. The van der Waals surface area contributed by atoms with E-state index in [1.165, 1.54) is 6.92 Å². The number of hydrogen-bond donors (Lipinski definition) is 1. The first-order chi connectivity index (χ1) is 10.5. The Morgan fingerprint density at radius 2 is 1.75 bits per heavy atom. The highest BCUT2D eigenvalue weighted by molar-refractivity contribution is 5.85. The molecule has 2 rings (SSSR count). The fraction of sp³-hybridized carbons (Fsp3) is 0.500. The number of halogens is 7. The van der Waals surface area contributed by atoms with E-state index in [0.717, 1.165) is 0 Å². The number of likely N-dealkylation sites (tertiary alicyclic amines) is 1. The summed E-state index contributed by atoms with van der Waals surface area (Å²) in [5.41, 5.74) is 4.83. The number of carbonyl (C=O) groups excluding carboxylic acids is 1. The highest BCUT2D eigenvalue weighted by Crippen LogP contribution is 2.37. The topological polar surface area (TPSA) is 46.3 Å². The van der Waals surface area contributed by atoms with Crippen molar-refractivity contribution < 1.29 is 31.1 Å². The van der Waals surface area contributed by atoms with E-state index >= 15 is 0 Å². The smallest absolute Gasteiger partial charge is 0.329 e. The van der Waals surface area contributed by atoms with Crippen LogP contribution in [-0.2, 0) is 4.79 Å². The van der Waals surface area contributed by atoms with Crippen molar-refractivity contribution in [2.24, 2.45) is 5.73 Å². The maximum Gasteiger partial charge on any atom is 0.406 e. The molecule has 1 amide bonds. The van der Waals surface area contributed by atoms with Crippen molar-refractivity contribution in [1.29, 1.82) is 0 Å². The Hall–Kier alpha value is -1.48. The first-order valence-corrected chi connectivity index (χ1v) is 6.79. The number of rotatable bonds is 2. The Bertz CT molecular complexity index is 624. The van der Waals surface area contributed by atoms with Crippen molar-refractivity contribution in [2.75, 3.05) is 6.54 Å². The van der Waals surface area contributed by atoms with Gasteiger partial charge in [0.15, 0.2) is 11.6 Å². The molecule has 136 valence electrons. The highest BCUT2D eigenvalue weighted by atomic mass is 35.5. The Morgan fingerprint density at radius 3 is 2.29 bits per heavy atom. The van der Waals surface area contributed by atoms with Crippen LogP contribution in [0.25, 0.3) is 0 Å².